The van der Waals surface area contributed by atoms with Gasteiger partial charge in [-0.1, -0.05) is 99.3 Å². The third-order valence-electron chi connectivity index (χ3n) is 6.06. The molecule has 0 spiro atoms. The number of rotatable bonds is 21. The molecule has 0 aliphatic rings. The van der Waals surface area contributed by atoms with Crippen molar-refractivity contribution in [3.63, 3.8) is 0 Å². The van der Waals surface area contributed by atoms with Crippen LogP contribution in [0.4, 0.5) is 0 Å². The fraction of sp³-hybridized carbons (Fsp3) is 1.00. The highest BCUT2D eigenvalue weighted by molar-refractivity contribution is 7.47. The lowest BCUT2D eigenvalue weighted by Gasteiger charge is -2.20. The van der Waals surface area contributed by atoms with Crippen LogP contribution in [0.25, 0.3) is 0 Å². The molecule has 3 unspecified atom stereocenters. The number of unbranched alkanes of at least 4 members (excludes halogenated alkanes) is 3. The zero-order valence-electron chi connectivity index (χ0n) is 22.6. The molecule has 0 radical (unpaired) electrons. The molecule has 0 heterocycles. The van der Waals surface area contributed by atoms with Gasteiger partial charge in [0.2, 0.25) is 0 Å². The van der Waals surface area contributed by atoms with Gasteiger partial charge in [-0.3, -0.25) is 13.6 Å². The Morgan fingerprint density at radius 3 is 1.09 bits per heavy atom. The third-order valence-corrected chi connectivity index (χ3v) is 7.49. The van der Waals surface area contributed by atoms with E-state index in [-0.39, 0.29) is 12.5 Å². The van der Waals surface area contributed by atoms with E-state index < -0.39 is 15.6 Å². The average Bonchev–Trinajstić information content (AvgIpc) is 2.79. The molecule has 3 atom stereocenters. The van der Waals surface area contributed by atoms with Crippen LogP contribution in [0.1, 0.15) is 119 Å². The molecule has 10 heteroatoms. The number of phosphoric ester groups is 2. The van der Waals surface area contributed by atoms with Crippen molar-refractivity contribution in [3.8, 4) is 0 Å². The molecule has 0 amide bonds. The van der Waals surface area contributed by atoms with E-state index >= 15 is 0 Å². The normalized spacial score (nSPS) is 16.3. The second kappa shape index (κ2) is 22.4. The molecular weight excluding hydrogens is 478 g/mol. The SMILES string of the molecule is CCCCC(CC)COP(=O)(O)O.CCCCC(CC)COP(=O)(O)OCC(CC)CCCC. The predicted octanol–water partition coefficient (Wildman–Crippen LogP) is 7.86. The minimum absolute atomic E-state index is 0.167. The van der Waals surface area contributed by atoms with Gasteiger partial charge in [0, 0.05) is 0 Å². The van der Waals surface area contributed by atoms with Crippen LogP contribution in [0.2, 0.25) is 0 Å². The maximum absolute atomic E-state index is 11.9. The summed E-state index contributed by atoms with van der Waals surface area (Å²) in [7, 11) is -8.16. The van der Waals surface area contributed by atoms with Crippen LogP contribution in [0.3, 0.4) is 0 Å². The molecule has 3 N–H and O–H groups in total. The lowest BCUT2D eigenvalue weighted by atomic mass is 10.0. The smallest absolute Gasteiger partial charge is 0.303 e. The zero-order chi connectivity index (χ0) is 26.5. The van der Waals surface area contributed by atoms with Crippen LogP contribution in [-0.4, -0.2) is 34.5 Å². The van der Waals surface area contributed by atoms with Crippen molar-refractivity contribution in [1.82, 2.24) is 0 Å². The van der Waals surface area contributed by atoms with Crippen molar-refractivity contribution < 1.29 is 37.4 Å². The van der Waals surface area contributed by atoms with Gasteiger partial charge in [-0.2, -0.15) is 0 Å². The summed E-state index contributed by atoms with van der Waals surface area (Å²) in [6, 6.07) is 0. The van der Waals surface area contributed by atoms with E-state index in [4.69, 9.17) is 18.8 Å². The van der Waals surface area contributed by atoms with Gasteiger partial charge in [0.15, 0.2) is 0 Å². The van der Waals surface area contributed by atoms with Crippen molar-refractivity contribution in [2.24, 2.45) is 17.8 Å². The van der Waals surface area contributed by atoms with Gasteiger partial charge in [-0.15, -0.1) is 0 Å². The molecule has 0 saturated heterocycles. The molecular formula is C24H54O8P2. The molecule has 34 heavy (non-hydrogen) atoms. The van der Waals surface area contributed by atoms with E-state index in [9.17, 15) is 14.0 Å². The third kappa shape index (κ3) is 23.9. The van der Waals surface area contributed by atoms with E-state index in [2.05, 4.69) is 39.1 Å². The largest absolute Gasteiger partial charge is 0.472 e. The van der Waals surface area contributed by atoms with Crippen LogP contribution in [0.15, 0.2) is 0 Å². The van der Waals surface area contributed by atoms with Gasteiger partial charge in [0.05, 0.1) is 19.8 Å². The lowest BCUT2D eigenvalue weighted by Crippen LogP contribution is -2.12. The first-order valence-electron chi connectivity index (χ1n) is 13.3. The highest BCUT2D eigenvalue weighted by Gasteiger charge is 2.24. The summed E-state index contributed by atoms with van der Waals surface area (Å²) >= 11 is 0. The highest BCUT2D eigenvalue weighted by atomic mass is 31.2. The molecule has 0 aromatic heterocycles. The van der Waals surface area contributed by atoms with Crippen molar-refractivity contribution in [1.29, 1.82) is 0 Å². The van der Waals surface area contributed by atoms with Crippen LogP contribution >= 0.6 is 15.6 Å². The standard InChI is InChI=1S/C16H35O4P.C8H19O4P/c1-5-9-11-15(7-3)13-19-21(17,18)20-14-16(8-4)12-10-6-2;1-3-5-6-8(4-2)7-12-13(9,10)11/h15-16H,5-14H2,1-4H3,(H,17,18);8H,3-7H2,1-2H3,(H2,9,10,11). The zero-order valence-corrected chi connectivity index (χ0v) is 24.4. The summed E-state index contributed by atoms with van der Waals surface area (Å²) in [5, 5.41) is 0. The number of hydrogen-bond donors (Lipinski definition) is 3. The van der Waals surface area contributed by atoms with Crippen molar-refractivity contribution in [3.05, 3.63) is 0 Å². The molecule has 0 fully saturated rings. The fourth-order valence-electron chi connectivity index (χ4n) is 3.33. The Hall–Kier alpha value is 0.220. The minimum atomic E-state index is -4.26. The summed E-state index contributed by atoms with van der Waals surface area (Å²) in [5.74, 6) is 0.958. The van der Waals surface area contributed by atoms with Crippen LogP contribution in [-0.2, 0) is 22.7 Å². The molecule has 208 valence electrons. The molecule has 0 aliphatic heterocycles. The number of hydrogen-bond acceptors (Lipinski definition) is 5. The van der Waals surface area contributed by atoms with Gasteiger partial charge in [0.25, 0.3) is 0 Å². The Kier molecular flexibility index (Phi) is 24.0. The summed E-state index contributed by atoms with van der Waals surface area (Å²) < 4.78 is 37.1. The summed E-state index contributed by atoms with van der Waals surface area (Å²) in [6.45, 7) is 13.4. The second-order valence-corrected chi connectivity index (χ2v) is 11.8. The molecule has 0 aliphatic carbocycles. The van der Waals surface area contributed by atoms with Crippen molar-refractivity contribution in [2.45, 2.75) is 119 Å². The molecule has 0 aromatic carbocycles. The molecule has 0 aromatic rings. The summed E-state index contributed by atoms with van der Waals surface area (Å²) in [6.07, 6.45) is 12.6. The van der Waals surface area contributed by atoms with E-state index in [0.717, 1.165) is 77.0 Å². The Morgan fingerprint density at radius 1 is 0.559 bits per heavy atom. The maximum Gasteiger partial charge on any atom is 0.472 e. The van der Waals surface area contributed by atoms with Crippen LogP contribution in [0, 0.1) is 17.8 Å². The molecule has 0 rings (SSSR count). The quantitative estimate of drug-likeness (QED) is 0.128. The minimum Gasteiger partial charge on any atom is -0.303 e. The first-order chi connectivity index (χ1) is 16.0. The van der Waals surface area contributed by atoms with Crippen molar-refractivity contribution >= 4 is 15.6 Å². The summed E-state index contributed by atoms with van der Waals surface area (Å²) in [4.78, 5) is 26.7. The Balaban J connectivity index is 0. The maximum atomic E-state index is 11.9. The fourth-order valence-corrected chi connectivity index (χ4v) is 4.61. The summed E-state index contributed by atoms with van der Waals surface area (Å²) in [5.41, 5.74) is 0. The first kappa shape index (κ1) is 36.4. The van der Waals surface area contributed by atoms with Gasteiger partial charge in [-0.25, -0.2) is 9.13 Å². The van der Waals surface area contributed by atoms with E-state index in [1.807, 2.05) is 6.92 Å². The predicted molar refractivity (Wildman–Crippen MR) is 140 cm³/mol. The molecule has 8 nitrogen and oxygen atoms in total. The lowest BCUT2D eigenvalue weighted by molar-refractivity contribution is 0.110. The topological polar surface area (TPSA) is 123 Å². The average molecular weight is 533 g/mol. The second-order valence-electron chi connectivity index (χ2n) is 9.10. The Morgan fingerprint density at radius 2 is 0.853 bits per heavy atom. The van der Waals surface area contributed by atoms with E-state index in [0.29, 0.717) is 25.0 Å². The van der Waals surface area contributed by atoms with Gasteiger partial charge in [0.1, 0.15) is 0 Å². The van der Waals surface area contributed by atoms with Gasteiger partial charge < -0.3 is 14.7 Å². The first-order valence-corrected chi connectivity index (χ1v) is 16.3. The Labute approximate surface area is 209 Å². The molecule has 0 saturated carbocycles. The van der Waals surface area contributed by atoms with Gasteiger partial charge >= 0.3 is 15.6 Å². The Bertz CT molecular complexity index is 517. The number of phosphoric acid groups is 2. The monoisotopic (exact) mass is 532 g/mol. The van der Waals surface area contributed by atoms with Crippen molar-refractivity contribution in [2.75, 3.05) is 19.8 Å². The highest BCUT2D eigenvalue weighted by Crippen LogP contribution is 2.44. The van der Waals surface area contributed by atoms with Gasteiger partial charge in [-0.05, 0) is 37.0 Å². The van der Waals surface area contributed by atoms with E-state index in [1.54, 1.807) is 0 Å². The van der Waals surface area contributed by atoms with Crippen LogP contribution < -0.4 is 0 Å². The van der Waals surface area contributed by atoms with E-state index in [1.165, 1.54) is 0 Å². The molecule has 0 bridgehead atoms. The van der Waals surface area contributed by atoms with Crippen LogP contribution in [0.5, 0.6) is 0 Å².